The van der Waals surface area contributed by atoms with Crippen LogP contribution in [0.5, 0.6) is 0 Å². The van der Waals surface area contributed by atoms with Crippen LogP contribution >= 0.6 is 0 Å². The zero-order chi connectivity index (χ0) is 11.4. The van der Waals surface area contributed by atoms with Gasteiger partial charge in [-0.2, -0.15) is 0 Å². The van der Waals surface area contributed by atoms with Crippen molar-refractivity contribution in [1.29, 1.82) is 0 Å². The molecule has 0 aliphatic rings. The van der Waals surface area contributed by atoms with Crippen LogP contribution in [0.1, 0.15) is 24.7 Å². The van der Waals surface area contributed by atoms with E-state index in [0.29, 0.717) is 0 Å². The highest BCUT2D eigenvalue weighted by Gasteiger charge is 2.04. The van der Waals surface area contributed by atoms with E-state index >= 15 is 0 Å². The Morgan fingerprint density at radius 1 is 1.31 bits per heavy atom. The first kappa shape index (κ1) is 10.7. The number of para-hydroxylation sites is 1. The Balaban J connectivity index is 2.20. The molecule has 0 radical (unpaired) electrons. The van der Waals surface area contributed by atoms with Crippen molar-refractivity contribution in [2.75, 3.05) is 5.73 Å². The van der Waals surface area contributed by atoms with Crippen molar-refractivity contribution in [2.24, 2.45) is 0 Å². The number of nitrogens with zero attached hydrogens (tertiary/aromatic N) is 2. The molecular weight excluding hydrogens is 198 g/mol. The smallest absolute Gasteiger partial charge is 0.108 e. The van der Waals surface area contributed by atoms with Crippen LogP contribution in [0.4, 0.5) is 5.69 Å². The zero-order valence-electron chi connectivity index (χ0n) is 9.56. The van der Waals surface area contributed by atoms with Gasteiger partial charge in [0.05, 0.1) is 6.54 Å². The average molecular weight is 215 g/mol. The third-order valence-corrected chi connectivity index (χ3v) is 2.67. The van der Waals surface area contributed by atoms with Crippen LogP contribution in [0.2, 0.25) is 0 Å². The number of nitrogen functional groups attached to an aromatic ring is 1. The summed E-state index contributed by atoms with van der Waals surface area (Å²) in [6, 6.07) is 7.97. The van der Waals surface area contributed by atoms with Crippen LogP contribution in [0, 0.1) is 0 Å². The van der Waals surface area contributed by atoms with Crippen molar-refractivity contribution in [1.82, 2.24) is 9.55 Å². The number of anilines is 1. The Bertz CT molecular complexity index is 460. The largest absolute Gasteiger partial charge is 0.398 e. The van der Waals surface area contributed by atoms with Gasteiger partial charge in [0.2, 0.25) is 0 Å². The predicted octanol–water partition coefficient (Wildman–Crippen LogP) is 2.47. The number of aromatic nitrogens is 2. The fourth-order valence-electron chi connectivity index (χ4n) is 1.80. The summed E-state index contributed by atoms with van der Waals surface area (Å²) in [7, 11) is 0. The Hall–Kier alpha value is -1.77. The van der Waals surface area contributed by atoms with Gasteiger partial charge in [-0.15, -0.1) is 0 Å². The summed E-state index contributed by atoms with van der Waals surface area (Å²) in [5.41, 5.74) is 7.92. The molecule has 2 rings (SSSR count). The minimum Gasteiger partial charge on any atom is -0.398 e. The van der Waals surface area contributed by atoms with Gasteiger partial charge in [-0.05, 0) is 18.1 Å². The minimum absolute atomic E-state index is 0.808. The molecule has 0 atom stereocenters. The minimum atomic E-state index is 0.808. The van der Waals surface area contributed by atoms with Crippen molar-refractivity contribution >= 4 is 5.69 Å². The van der Waals surface area contributed by atoms with Crippen molar-refractivity contribution < 1.29 is 0 Å². The summed E-state index contributed by atoms with van der Waals surface area (Å²) in [6.45, 7) is 2.97. The molecule has 0 amide bonds. The van der Waals surface area contributed by atoms with E-state index in [0.717, 1.165) is 36.5 Å². The normalized spacial score (nSPS) is 10.6. The van der Waals surface area contributed by atoms with Crippen LogP contribution in [-0.4, -0.2) is 9.55 Å². The van der Waals surface area contributed by atoms with Gasteiger partial charge in [-0.1, -0.05) is 25.1 Å². The van der Waals surface area contributed by atoms with Gasteiger partial charge in [0.25, 0.3) is 0 Å². The monoisotopic (exact) mass is 215 g/mol. The van der Waals surface area contributed by atoms with Crippen molar-refractivity contribution in [3.63, 3.8) is 0 Å². The van der Waals surface area contributed by atoms with Gasteiger partial charge in [-0.3, -0.25) is 0 Å². The first-order valence-electron chi connectivity index (χ1n) is 5.64. The molecule has 84 valence electrons. The first-order valence-corrected chi connectivity index (χ1v) is 5.64. The molecule has 3 nitrogen and oxygen atoms in total. The lowest BCUT2D eigenvalue weighted by Crippen LogP contribution is -2.06. The van der Waals surface area contributed by atoms with E-state index < -0.39 is 0 Å². The summed E-state index contributed by atoms with van der Waals surface area (Å²) in [5, 5.41) is 0. The van der Waals surface area contributed by atoms with E-state index in [1.807, 2.05) is 30.6 Å². The summed E-state index contributed by atoms with van der Waals surface area (Å²) >= 11 is 0. The van der Waals surface area contributed by atoms with E-state index in [4.69, 9.17) is 5.73 Å². The van der Waals surface area contributed by atoms with Crippen LogP contribution in [0.3, 0.4) is 0 Å². The maximum absolute atomic E-state index is 5.93. The maximum atomic E-state index is 5.93. The molecule has 1 aromatic heterocycles. The summed E-state index contributed by atoms with van der Waals surface area (Å²) < 4.78 is 2.16. The molecular formula is C13H17N3. The number of imidazole rings is 1. The van der Waals surface area contributed by atoms with E-state index in [9.17, 15) is 0 Å². The van der Waals surface area contributed by atoms with Gasteiger partial charge in [0, 0.05) is 24.5 Å². The third-order valence-electron chi connectivity index (χ3n) is 2.67. The van der Waals surface area contributed by atoms with E-state index in [1.165, 1.54) is 0 Å². The van der Waals surface area contributed by atoms with E-state index in [-0.39, 0.29) is 0 Å². The first-order chi connectivity index (χ1) is 7.81. The highest BCUT2D eigenvalue weighted by atomic mass is 15.1. The summed E-state index contributed by atoms with van der Waals surface area (Å²) in [6.07, 6.45) is 5.99. The molecule has 2 aromatic rings. The van der Waals surface area contributed by atoms with E-state index in [1.54, 1.807) is 0 Å². The molecule has 0 fully saturated rings. The molecule has 16 heavy (non-hydrogen) atoms. The summed E-state index contributed by atoms with van der Waals surface area (Å²) in [5.74, 6) is 1.13. The Morgan fingerprint density at radius 2 is 2.12 bits per heavy atom. The Labute approximate surface area is 95.9 Å². The SMILES string of the molecule is CCCc1nccn1Cc1ccccc1N. The number of aryl methyl sites for hydroxylation is 1. The van der Waals surface area contributed by atoms with Gasteiger partial charge in [0.1, 0.15) is 5.82 Å². The van der Waals surface area contributed by atoms with Gasteiger partial charge in [0.15, 0.2) is 0 Å². The highest BCUT2D eigenvalue weighted by molar-refractivity contribution is 5.46. The molecule has 0 bridgehead atoms. The second kappa shape index (κ2) is 4.84. The molecule has 0 spiro atoms. The molecule has 0 unspecified atom stereocenters. The summed E-state index contributed by atoms with van der Waals surface area (Å²) in [4.78, 5) is 4.35. The van der Waals surface area contributed by atoms with E-state index in [2.05, 4.69) is 22.5 Å². The van der Waals surface area contributed by atoms with Crippen LogP contribution in [-0.2, 0) is 13.0 Å². The van der Waals surface area contributed by atoms with Gasteiger partial charge >= 0.3 is 0 Å². The topological polar surface area (TPSA) is 43.8 Å². The van der Waals surface area contributed by atoms with Crippen LogP contribution in [0.25, 0.3) is 0 Å². The molecule has 3 heteroatoms. The average Bonchev–Trinajstić information content (AvgIpc) is 2.70. The number of hydrogen-bond acceptors (Lipinski definition) is 2. The number of rotatable bonds is 4. The van der Waals surface area contributed by atoms with Gasteiger partial charge < -0.3 is 10.3 Å². The molecule has 0 aliphatic heterocycles. The molecule has 0 saturated carbocycles. The predicted molar refractivity (Wildman–Crippen MR) is 66.2 cm³/mol. The number of benzene rings is 1. The van der Waals surface area contributed by atoms with Crippen molar-refractivity contribution in [2.45, 2.75) is 26.3 Å². The lowest BCUT2D eigenvalue weighted by molar-refractivity contribution is 0.706. The van der Waals surface area contributed by atoms with Gasteiger partial charge in [-0.25, -0.2) is 4.98 Å². The molecule has 1 aromatic carbocycles. The van der Waals surface area contributed by atoms with Crippen molar-refractivity contribution in [3.05, 3.63) is 48.0 Å². The lowest BCUT2D eigenvalue weighted by atomic mass is 10.2. The molecule has 0 aliphatic carbocycles. The number of hydrogen-bond donors (Lipinski definition) is 1. The molecule has 0 saturated heterocycles. The fraction of sp³-hybridized carbons (Fsp3) is 0.308. The third kappa shape index (κ3) is 2.24. The standard InChI is InChI=1S/C13H17N3/c1-2-5-13-15-8-9-16(13)10-11-6-3-4-7-12(11)14/h3-4,6-9H,2,5,10,14H2,1H3. The van der Waals surface area contributed by atoms with Crippen LogP contribution in [0.15, 0.2) is 36.7 Å². The second-order valence-corrected chi connectivity index (χ2v) is 3.92. The molecule has 2 N–H and O–H groups in total. The highest BCUT2D eigenvalue weighted by Crippen LogP contribution is 2.13. The lowest BCUT2D eigenvalue weighted by Gasteiger charge is -2.09. The second-order valence-electron chi connectivity index (χ2n) is 3.92. The Kier molecular flexibility index (Phi) is 3.25. The Morgan fingerprint density at radius 3 is 2.88 bits per heavy atom. The maximum Gasteiger partial charge on any atom is 0.108 e. The molecule has 1 heterocycles. The number of nitrogens with two attached hydrogens (primary N) is 1. The van der Waals surface area contributed by atoms with Crippen LogP contribution < -0.4 is 5.73 Å². The fourth-order valence-corrected chi connectivity index (χ4v) is 1.80. The zero-order valence-corrected chi connectivity index (χ0v) is 9.56. The quantitative estimate of drug-likeness (QED) is 0.796. The van der Waals surface area contributed by atoms with Crippen molar-refractivity contribution in [3.8, 4) is 0 Å².